The second kappa shape index (κ2) is 9.97. The molecule has 0 radical (unpaired) electrons. The number of nitrogens with zero attached hydrogens (tertiary/aromatic N) is 4. The summed E-state index contributed by atoms with van der Waals surface area (Å²) in [4.78, 5) is 7.93. The van der Waals surface area contributed by atoms with Crippen LogP contribution in [0.2, 0.25) is 0 Å². The Morgan fingerprint density at radius 3 is 2.42 bits per heavy atom. The molecule has 6 rings (SSSR count). The third-order valence-corrected chi connectivity index (χ3v) is 8.56. The minimum absolute atomic E-state index is 0.0407. The van der Waals surface area contributed by atoms with E-state index >= 15 is 0 Å². The average Bonchev–Trinajstić information content (AvgIpc) is 3.31. The van der Waals surface area contributed by atoms with Crippen LogP contribution in [0.1, 0.15) is 56.6 Å². The number of fused-ring (bicyclic) bond motifs is 2. The van der Waals surface area contributed by atoms with E-state index in [1.807, 2.05) is 26.0 Å². The molecule has 1 saturated carbocycles. The first kappa shape index (κ1) is 25.9. The Labute approximate surface area is 235 Å². The van der Waals surface area contributed by atoms with E-state index in [0.717, 1.165) is 48.3 Å². The van der Waals surface area contributed by atoms with E-state index in [0.29, 0.717) is 10.6 Å². The van der Waals surface area contributed by atoms with E-state index in [1.54, 1.807) is 0 Å². The molecule has 3 atom stereocenters. The zero-order valence-electron chi connectivity index (χ0n) is 22.9. The summed E-state index contributed by atoms with van der Waals surface area (Å²) in [7, 11) is 0. The van der Waals surface area contributed by atoms with Crippen molar-refractivity contribution in [1.82, 2.24) is 0 Å². The van der Waals surface area contributed by atoms with Crippen molar-refractivity contribution in [3.05, 3.63) is 101 Å². The molecule has 2 heterocycles. The monoisotopic (exact) mass is 527 g/mol. The van der Waals surface area contributed by atoms with Crippen LogP contribution in [0.3, 0.4) is 0 Å². The predicted molar refractivity (Wildman–Crippen MR) is 157 cm³/mol. The van der Waals surface area contributed by atoms with Crippen molar-refractivity contribution in [1.29, 1.82) is 10.5 Å². The highest BCUT2D eigenvalue weighted by molar-refractivity contribution is 5.86. The van der Waals surface area contributed by atoms with Crippen LogP contribution in [0.5, 0.6) is 0 Å². The zero-order chi connectivity index (χ0) is 27.9. The number of aliphatic hydroxyl groups is 1. The van der Waals surface area contributed by atoms with Gasteiger partial charge in [0.15, 0.2) is 0 Å². The quantitative estimate of drug-likeness (QED) is 0.474. The Morgan fingerprint density at radius 1 is 1.05 bits per heavy atom. The molecule has 2 aliphatic heterocycles. The SMILES string of the molecule is CC(C)(CO)Nc1cc2c(c(=C(C#N)C#N)c1)=NC13CCCCC1C(c1ccccc1)C=C(c1ccccc1)N23. The van der Waals surface area contributed by atoms with Crippen molar-refractivity contribution in [3.8, 4) is 12.1 Å². The number of allylic oxidation sites excluding steroid dienone is 1. The van der Waals surface area contributed by atoms with Gasteiger partial charge in [-0.2, -0.15) is 10.5 Å². The molecular weight excluding hydrogens is 494 g/mol. The number of nitriles is 2. The Bertz CT molecular complexity index is 1660. The summed E-state index contributed by atoms with van der Waals surface area (Å²) in [6.07, 6.45) is 6.52. The van der Waals surface area contributed by atoms with Gasteiger partial charge in [-0.05, 0) is 56.4 Å². The topological polar surface area (TPSA) is 95.4 Å². The number of hydrogen-bond acceptors (Lipinski definition) is 6. The summed E-state index contributed by atoms with van der Waals surface area (Å²) in [6.45, 7) is 3.77. The van der Waals surface area contributed by atoms with E-state index in [2.05, 4.69) is 89.1 Å². The average molecular weight is 528 g/mol. The van der Waals surface area contributed by atoms with E-state index in [1.165, 1.54) is 5.56 Å². The van der Waals surface area contributed by atoms with Crippen LogP contribution in [0.25, 0.3) is 11.3 Å². The Hall–Kier alpha value is -4.39. The summed E-state index contributed by atoms with van der Waals surface area (Å²) < 4.78 is 0. The summed E-state index contributed by atoms with van der Waals surface area (Å²) in [5.41, 5.74) is 4.03. The van der Waals surface area contributed by atoms with Gasteiger partial charge in [-0.15, -0.1) is 0 Å². The smallest absolute Gasteiger partial charge is 0.140 e. The summed E-state index contributed by atoms with van der Waals surface area (Å²) in [5, 5.41) is 34.6. The van der Waals surface area contributed by atoms with Crippen LogP contribution in [0, 0.1) is 28.6 Å². The third kappa shape index (κ3) is 4.17. The summed E-state index contributed by atoms with van der Waals surface area (Å²) >= 11 is 0. The molecule has 0 saturated heterocycles. The molecule has 6 heteroatoms. The van der Waals surface area contributed by atoms with Crippen LogP contribution in [-0.2, 0) is 0 Å². The molecule has 1 spiro atoms. The normalized spacial score (nSPS) is 22.9. The third-order valence-electron chi connectivity index (χ3n) is 8.56. The maximum Gasteiger partial charge on any atom is 0.140 e. The number of aliphatic hydroxyl groups excluding tert-OH is 1. The molecule has 3 aliphatic rings. The highest BCUT2D eigenvalue weighted by Gasteiger charge is 2.55. The number of nitrogens with one attached hydrogen (secondary N) is 1. The van der Waals surface area contributed by atoms with Crippen molar-refractivity contribution in [3.63, 3.8) is 0 Å². The van der Waals surface area contributed by atoms with Crippen LogP contribution in [-0.4, -0.2) is 22.9 Å². The van der Waals surface area contributed by atoms with Gasteiger partial charge in [-0.1, -0.05) is 73.2 Å². The Kier molecular flexibility index (Phi) is 6.45. The van der Waals surface area contributed by atoms with Gasteiger partial charge in [0.2, 0.25) is 0 Å². The number of benzene rings is 3. The maximum absolute atomic E-state index is 9.98. The molecule has 200 valence electrons. The second-order valence-electron chi connectivity index (χ2n) is 11.7. The highest BCUT2D eigenvalue weighted by Crippen LogP contribution is 2.56. The number of rotatable bonds is 5. The van der Waals surface area contributed by atoms with Crippen molar-refractivity contribution in [2.45, 2.75) is 56.7 Å². The lowest BCUT2D eigenvalue weighted by atomic mass is 9.66. The first-order valence-electron chi connectivity index (χ1n) is 14.0. The Balaban J connectivity index is 1.68. The van der Waals surface area contributed by atoms with Gasteiger partial charge in [0.1, 0.15) is 23.4 Å². The lowest BCUT2D eigenvalue weighted by Gasteiger charge is -2.53. The van der Waals surface area contributed by atoms with Gasteiger partial charge in [-0.3, -0.25) is 4.99 Å². The molecule has 3 aromatic carbocycles. The molecule has 1 aliphatic carbocycles. The number of anilines is 2. The van der Waals surface area contributed by atoms with Gasteiger partial charge in [-0.25, -0.2) is 0 Å². The largest absolute Gasteiger partial charge is 0.394 e. The molecular formula is C34H33N5O. The van der Waals surface area contributed by atoms with Crippen LogP contribution >= 0.6 is 0 Å². The molecule has 3 aromatic rings. The number of hydrogen-bond donors (Lipinski definition) is 2. The molecule has 40 heavy (non-hydrogen) atoms. The molecule has 0 bridgehead atoms. The molecule has 0 aromatic heterocycles. The van der Waals surface area contributed by atoms with Gasteiger partial charge < -0.3 is 15.3 Å². The van der Waals surface area contributed by atoms with E-state index in [-0.39, 0.29) is 24.0 Å². The van der Waals surface area contributed by atoms with Crippen LogP contribution < -0.4 is 20.8 Å². The molecule has 3 unspecified atom stereocenters. The van der Waals surface area contributed by atoms with Crippen molar-refractivity contribution in [2.75, 3.05) is 16.8 Å². The van der Waals surface area contributed by atoms with Gasteiger partial charge in [0.25, 0.3) is 0 Å². The first-order valence-corrected chi connectivity index (χ1v) is 14.0. The summed E-state index contributed by atoms with van der Waals surface area (Å²) in [5.74, 6) is 0.407. The fourth-order valence-corrected chi connectivity index (χ4v) is 6.78. The van der Waals surface area contributed by atoms with E-state index in [9.17, 15) is 15.6 Å². The van der Waals surface area contributed by atoms with Crippen molar-refractivity contribution >= 4 is 22.6 Å². The van der Waals surface area contributed by atoms with E-state index < -0.39 is 11.2 Å². The molecule has 6 nitrogen and oxygen atoms in total. The predicted octanol–water partition coefficient (Wildman–Crippen LogP) is 5.23. The lowest BCUT2D eigenvalue weighted by molar-refractivity contribution is 0.176. The molecule has 1 fully saturated rings. The maximum atomic E-state index is 9.98. The van der Waals surface area contributed by atoms with Gasteiger partial charge in [0, 0.05) is 28.4 Å². The van der Waals surface area contributed by atoms with E-state index in [4.69, 9.17) is 4.99 Å². The fraction of sp³-hybridized carbons (Fsp3) is 0.324. The molecule has 2 N–H and O–H groups in total. The van der Waals surface area contributed by atoms with Crippen molar-refractivity contribution in [2.24, 2.45) is 10.9 Å². The zero-order valence-corrected chi connectivity index (χ0v) is 22.9. The summed E-state index contributed by atoms with van der Waals surface area (Å²) in [6, 6.07) is 29.3. The van der Waals surface area contributed by atoms with Crippen LogP contribution in [0.4, 0.5) is 11.4 Å². The second-order valence-corrected chi connectivity index (χ2v) is 11.7. The fourth-order valence-electron chi connectivity index (χ4n) is 6.78. The Morgan fingerprint density at radius 2 is 1.75 bits per heavy atom. The standard InChI is InChI=1S/C34H33N5O/c1-33(2,22-40)37-26-17-28(25(20-35)21-36)32-31(18-26)39-30(24-13-7-4-8-14-24)19-27(23-11-5-3-6-12-23)29-15-9-10-16-34(29,39)38-32/h3-8,11-14,17-19,27,29,37,40H,9-10,15-16,22H2,1-2H3. The molecule has 0 amide bonds. The lowest BCUT2D eigenvalue weighted by Crippen LogP contribution is -2.55. The first-order chi connectivity index (χ1) is 19.4. The van der Waals surface area contributed by atoms with Crippen LogP contribution in [0.15, 0.2) is 83.9 Å². The van der Waals surface area contributed by atoms with Gasteiger partial charge >= 0.3 is 0 Å². The minimum Gasteiger partial charge on any atom is -0.394 e. The van der Waals surface area contributed by atoms with Crippen molar-refractivity contribution < 1.29 is 5.11 Å². The minimum atomic E-state index is -0.593. The van der Waals surface area contributed by atoms with Gasteiger partial charge in [0.05, 0.1) is 23.2 Å². The highest BCUT2D eigenvalue weighted by atomic mass is 16.3.